The summed E-state index contributed by atoms with van der Waals surface area (Å²) in [4.78, 5) is 0. The number of aliphatic hydroxyl groups excluding tert-OH is 1. The minimum Gasteiger partial charge on any atom is -0.392 e. The second kappa shape index (κ2) is 6.85. The van der Waals surface area contributed by atoms with Crippen molar-refractivity contribution >= 4 is 15.9 Å². The lowest BCUT2D eigenvalue weighted by atomic mass is 10.1. The lowest BCUT2D eigenvalue weighted by Crippen LogP contribution is -2.18. The summed E-state index contributed by atoms with van der Waals surface area (Å²) < 4.78 is 1.10. The van der Waals surface area contributed by atoms with Crippen LogP contribution in [0.25, 0.3) is 0 Å². The molecule has 2 nitrogen and oxygen atoms in total. The average molecular weight is 320 g/mol. The van der Waals surface area contributed by atoms with Crippen molar-refractivity contribution in [3.63, 3.8) is 0 Å². The zero-order valence-corrected chi connectivity index (χ0v) is 12.5. The highest BCUT2D eigenvalue weighted by atomic mass is 79.9. The Kier molecular flexibility index (Phi) is 5.14. The number of aliphatic hydroxyl groups is 1. The predicted molar refractivity (Wildman–Crippen MR) is 81.8 cm³/mol. The Morgan fingerprint density at radius 1 is 1.11 bits per heavy atom. The van der Waals surface area contributed by atoms with Crippen LogP contribution in [0.2, 0.25) is 0 Å². The summed E-state index contributed by atoms with van der Waals surface area (Å²) in [6, 6.07) is 16.7. The molecule has 2 aromatic rings. The standard InChI is InChI=1S/C16H18BrNO/c1-12(15-5-7-16(17)8-6-15)18-10-13-3-2-4-14(9-13)11-19/h2-9,12,18-19H,10-11H2,1H3. The molecule has 19 heavy (non-hydrogen) atoms. The molecule has 0 saturated carbocycles. The molecular weight excluding hydrogens is 302 g/mol. The first-order valence-corrected chi connectivity index (χ1v) is 7.16. The maximum Gasteiger partial charge on any atom is 0.0681 e. The number of hydrogen-bond donors (Lipinski definition) is 2. The summed E-state index contributed by atoms with van der Waals surface area (Å²) in [5, 5.41) is 12.6. The van der Waals surface area contributed by atoms with Crippen molar-refractivity contribution in [3.05, 3.63) is 69.7 Å². The Hall–Kier alpha value is -1.16. The smallest absolute Gasteiger partial charge is 0.0681 e. The van der Waals surface area contributed by atoms with Gasteiger partial charge in [-0.05, 0) is 35.7 Å². The Labute approximate surface area is 122 Å². The minimum absolute atomic E-state index is 0.0934. The van der Waals surface area contributed by atoms with E-state index in [9.17, 15) is 0 Å². The van der Waals surface area contributed by atoms with Gasteiger partial charge in [0.1, 0.15) is 0 Å². The summed E-state index contributed by atoms with van der Waals surface area (Å²) in [5.41, 5.74) is 3.41. The fourth-order valence-corrected chi connectivity index (χ4v) is 2.24. The maximum atomic E-state index is 9.12. The van der Waals surface area contributed by atoms with Crippen LogP contribution in [0.15, 0.2) is 53.0 Å². The first kappa shape index (κ1) is 14.3. The van der Waals surface area contributed by atoms with Crippen LogP contribution in [-0.4, -0.2) is 5.11 Å². The normalized spacial score (nSPS) is 12.4. The van der Waals surface area contributed by atoms with E-state index in [4.69, 9.17) is 5.11 Å². The monoisotopic (exact) mass is 319 g/mol. The highest BCUT2D eigenvalue weighted by molar-refractivity contribution is 9.10. The molecule has 0 aliphatic rings. The number of halogens is 1. The van der Waals surface area contributed by atoms with E-state index in [1.54, 1.807) is 0 Å². The van der Waals surface area contributed by atoms with Crippen LogP contribution in [0.5, 0.6) is 0 Å². The second-order valence-corrected chi connectivity index (χ2v) is 5.55. The van der Waals surface area contributed by atoms with Gasteiger partial charge >= 0.3 is 0 Å². The summed E-state index contributed by atoms with van der Waals surface area (Å²) >= 11 is 3.44. The molecule has 2 rings (SSSR count). The van der Waals surface area contributed by atoms with E-state index in [2.05, 4.69) is 58.5 Å². The molecule has 0 bridgehead atoms. The molecule has 0 aliphatic heterocycles. The van der Waals surface area contributed by atoms with Gasteiger partial charge in [-0.25, -0.2) is 0 Å². The fourth-order valence-electron chi connectivity index (χ4n) is 1.98. The van der Waals surface area contributed by atoms with Crippen LogP contribution < -0.4 is 5.32 Å². The number of rotatable bonds is 5. The van der Waals surface area contributed by atoms with Crippen molar-refractivity contribution in [1.82, 2.24) is 5.32 Å². The molecule has 100 valence electrons. The summed E-state index contributed by atoms with van der Waals surface area (Å²) in [5.74, 6) is 0. The van der Waals surface area contributed by atoms with Crippen LogP contribution in [0.4, 0.5) is 0 Å². The zero-order valence-electron chi connectivity index (χ0n) is 10.9. The Bertz CT molecular complexity index is 525. The summed E-state index contributed by atoms with van der Waals surface area (Å²) in [6.45, 7) is 3.04. The van der Waals surface area contributed by atoms with Crippen LogP contribution in [0, 0.1) is 0 Å². The third-order valence-corrected chi connectivity index (χ3v) is 3.69. The largest absolute Gasteiger partial charge is 0.392 e. The molecule has 2 N–H and O–H groups in total. The molecule has 0 aromatic heterocycles. The Morgan fingerprint density at radius 2 is 1.79 bits per heavy atom. The fraction of sp³-hybridized carbons (Fsp3) is 0.250. The summed E-state index contributed by atoms with van der Waals surface area (Å²) in [6.07, 6.45) is 0. The topological polar surface area (TPSA) is 32.3 Å². The van der Waals surface area contributed by atoms with E-state index in [0.717, 1.165) is 16.6 Å². The van der Waals surface area contributed by atoms with E-state index in [1.165, 1.54) is 11.1 Å². The Balaban J connectivity index is 1.96. The van der Waals surface area contributed by atoms with Crippen molar-refractivity contribution in [3.8, 4) is 0 Å². The van der Waals surface area contributed by atoms with Crippen LogP contribution >= 0.6 is 15.9 Å². The zero-order chi connectivity index (χ0) is 13.7. The third-order valence-electron chi connectivity index (χ3n) is 3.16. The molecule has 0 spiro atoms. The van der Waals surface area contributed by atoms with Crippen molar-refractivity contribution in [2.24, 2.45) is 0 Å². The first-order valence-electron chi connectivity index (χ1n) is 6.36. The maximum absolute atomic E-state index is 9.12. The van der Waals surface area contributed by atoms with Gasteiger partial charge in [-0.2, -0.15) is 0 Å². The highest BCUT2D eigenvalue weighted by Crippen LogP contribution is 2.17. The van der Waals surface area contributed by atoms with Crippen molar-refractivity contribution in [1.29, 1.82) is 0 Å². The quantitative estimate of drug-likeness (QED) is 0.878. The van der Waals surface area contributed by atoms with Gasteiger partial charge in [-0.1, -0.05) is 52.3 Å². The highest BCUT2D eigenvalue weighted by Gasteiger charge is 2.04. The lowest BCUT2D eigenvalue weighted by molar-refractivity contribution is 0.281. The van der Waals surface area contributed by atoms with Gasteiger partial charge in [0.25, 0.3) is 0 Å². The minimum atomic E-state index is 0.0934. The molecule has 1 atom stereocenters. The average Bonchev–Trinajstić information content (AvgIpc) is 2.46. The molecule has 0 heterocycles. The molecule has 0 fully saturated rings. The van der Waals surface area contributed by atoms with E-state index in [1.807, 2.05) is 18.2 Å². The SMILES string of the molecule is CC(NCc1cccc(CO)c1)c1ccc(Br)cc1. The molecule has 2 aromatic carbocycles. The number of hydrogen-bond acceptors (Lipinski definition) is 2. The van der Waals surface area contributed by atoms with Crippen molar-refractivity contribution < 1.29 is 5.11 Å². The van der Waals surface area contributed by atoms with E-state index < -0.39 is 0 Å². The molecule has 0 radical (unpaired) electrons. The predicted octanol–water partition coefficient (Wildman–Crippen LogP) is 3.79. The molecular formula is C16H18BrNO. The van der Waals surface area contributed by atoms with Gasteiger partial charge in [0.05, 0.1) is 6.61 Å². The van der Waals surface area contributed by atoms with E-state index in [-0.39, 0.29) is 6.61 Å². The molecule has 0 amide bonds. The van der Waals surface area contributed by atoms with Crippen molar-refractivity contribution in [2.75, 3.05) is 0 Å². The summed E-state index contributed by atoms with van der Waals surface area (Å²) in [7, 11) is 0. The van der Waals surface area contributed by atoms with Crippen molar-refractivity contribution in [2.45, 2.75) is 26.1 Å². The third kappa shape index (κ3) is 4.16. The Morgan fingerprint density at radius 3 is 2.47 bits per heavy atom. The van der Waals surface area contributed by atoms with Gasteiger partial charge in [0, 0.05) is 17.1 Å². The van der Waals surface area contributed by atoms with Gasteiger partial charge in [0.15, 0.2) is 0 Å². The molecule has 0 saturated heterocycles. The molecule has 1 unspecified atom stereocenters. The second-order valence-electron chi connectivity index (χ2n) is 4.63. The van der Waals surface area contributed by atoms with Crippen LogP contribution in [0.1, 0.15) is 29.7 Å². The number of nitrogens with one attached hydrogen (secondary N) is 1. The van der Waals surface area contributed by atoms with E-state index in [0.29, 0.717) is 6.04 Å². The van der Waals surface area contributed by atoms with Gasteiger partial charge < -0.3 is 10.4 Å². The molecule has 0 aliphatic carbocycles. The van der Waals surface area contributed by atoms with E-state index >= 15 is 0 Å². The van der Waals surface area contributed by atoms with Gasteiger partial charge in [-0.15, -0.1) is 0 Å². The van der Waals surface area contributed by atoms with Gasteiger partial charge in [-0.3, -0.25) is 0 Å². The van der Waals surface area contributed by atoms with Crippen LogP contribution in [-0.2, 0) is 13.2 Å². The molecule has 3 heteroatoms. The lowest BCUT2D eigenvalue weighted by Gasteiger charge is -2.14. The number of benzene rings is 2. The first-order chi connectivity index (χ1) is 9.19. The van der Waals surface area contributed by atoms with Gasteiger partial charge in [0.2, 0.25) is 0 Å². The van der Waals surface area contributed by atoms with Crippen LogP contribution in [0.3, 0.4) is 0 Å².